The summed E-state index contributed by atoms with van der Waals surface area (Å²) in [6.45, 7) is 3.62. The van der Waals surface area contributed by atoms with Crippen molar-refractivity contribution in [2.75, 3.05) is 5.32 Å². The van der Waals surface area contributed by atoms with Crippen LogP contribution in [0.25, 0.3) is 0 Å². The fraction of sp³-hybridized carbons (Fsp3) is 0.214. The van der Waals surface area contributed by atoms with Crippen molar-refractivity contribution in [3.8, 4) is 11.5 Å². The molecule has 21 heavy (non-hydrogen) atoms. The van der Waals surface area contributed by atoms with Crippen LogP contribution >= 0.6 is 11.6 Å². The van der Waals surface area contributed by atoms with Crippen LogP contribution in [0.4, 0.5) is 5.69 Å². The number of carbonyl (C=O) groups is 1. The molecule has 0 atom stereocenters. The summed E-state index contributed by atoms with van der Waals surface area (Å²) in [5, 5.41) is 2.87. The molecule has 2 heterocycles. The lowest BCUT2D eigenvalue weighted by atomic mass is 10.2. The van der Waals surface area contributed by atoms with Crippen LogP contribution in [-0.4, -0.2) is 21.7 Å². The lowest BCUT2D eigenvalue weighted by Crippen LogP contribution is -2.29. The van der Waals surface area contributed by atoms with Gasteiger partial charge in [0.25, 0.3) is 5.91 Å². The fourth-order valence-corrected chi connectivity index (χ4v) is 2.09. The van der Waals surface area contributed by atoms with Gasteiger partial charge in [-0.3, -0.25) is 9.78 Å². The van der Waals surface area contributed by atoms with Crippen LogP contribution in [0, 0.1) is 0 Å². The Balaban J connectivity index is 1.79. The van der Waals surface area contributed by atoms with Crippen LogP contribution in [0.15, 0.2) is 30.6 Å². The lowest BCUT2D eigenvalue weighted by Gasteiger charge is -2.16. The summed E-state index contributed by atoms with van der Waals surface area (Å²) in [4.78, 5) is 19.8. The Kier molecular flexibility index (Phi) is 3.17. The summed E-state index contributed by atoms with van der Waals surface area (Å²) in [6, 6.07) is 5.16. The third kappa shape index (κ3) is 2.90. The van der Waals surface area contributed by atoms with E-state index in [0.717, 1.165) is 0 Å². The van der Waals surface area contributed by atoms with Crippen LogP contribution < -0.4 is 14.8 Å². The number of rotatable bonds is 2. The number of hydrogen-bond donors (Lipinski definition) is 1. The molecule has 6 nitrogen and oxygen atoms in total. The minimum Gasteiger partial charge on any atom is -0.449 e. The second kappa shape index (κ2) is 4.89. The molecule has 1 N–H and O–H groups in total. The Bertz CT molecular complexity index is 718. The molecule has 7 heteroatoms. The van der Waals surface area contributed by atoms with Crippen molar-refractivity contribution >= 4 is 23.2 Å². The number of nitrogens with one attached hydrogen (secondary N) is 1. The molecule has 0 fully saturated rings. The Morgan fingerprint density at radius 3 is 2.76 bits per heavy atom. The van der Waals surface area contributed by atoms with E-state index in [1.54, 1.807) is 18.2 Å². The van der Waals surface area contributed by atoms with Gasteiger partial charge in [0.15, 0.2) is 11.5 Å². The zero-order valence-electron chi connectivity index (χ0n) is 11.4. The number of nitrogens with zero attached hydrogens (tertiary/aromatic N) is 2. The van der Waals surface area contributed by atoms with Gasteiger partial charge in [-0.15, -0.1) is 0 Å². The van der Waals surface area contributed by atoms with Gasteiger partial charge in [-0.05, 0) is 12.1 Å². The van der Waals surface area contributed by atoms with Crippen LogP contribution in [0.3, 0.4) is 0 Å². The number of aromatic nitrogens is 2. The highest BCUT2D eigenvalue weighted by molar-refractivity contribution is 6.29. The first-order valence-corrected chi connectivity index (χ1v) is 6.62. The van der Waals surface area contributed by atoms with Gasteiger partial charge in [-0.2, -0.15) is 0 Å². The van der Waals surface area contributed by atoms with Crippen LogP contribution in [0.1, 0.15) is 24.3 Å². The minimum absolute atomic E-state index is 0.139. The number of benzene rings is 1. The molecule has 0 unspecified atom stereocenters. The molecule has 3 rings (SSSR count). The summed E-state index contributed by atoms with van der Waals surface area (Å²) in [5.74, 6) is 0.113. The van der Waals surface area contributed by atoms with E-state index >= 15 is 0 Å². The smallest absolute Gasteiger partial charge is 0.275 e. The van der Waals surface area contributed by atoms with Crippen LogP contribution in [0.5, 0.6) is 11.5 Å². The molecule has 1 aliphatic rings. The van der Waals surface area contributed by atoms with Gasteiger partial charge in [0, 0.05) is 25.6 Å². The highest BCUT2D eigenvalue weighted by Gasteiger charge is 2.31. The first kappa shape index (κ1) is 13.6. The highest BCUT2D eigenvalue weighted by atomic mass is 35.5. The minimum atomic E-state index is -0.705. The van der Waals surface area contributed by atoms with E-state index in [1.807, 2.05) is 13.8 Å². The molecule has 0 bridgehead atoms. The van der Waals surface area contributed by atoms with E-state index < -0.39 is 11.7 Å². The van der Waals surface area contributed by atoms with Gasteiger partial charge >= 0.3 is 0 Å². The number of anilines is 1. The fourth-order valence-electron chi connectivity index (χ4n) is 1.95. The van der Waals surface area contributed by atoms with E-state index in [2.05, 4.69) is 15.3 Å². The van der Waals surface area contributed by atoms with Gasteiger partial charge in [0.1, 0.15) is 10.8 Å². The SMILES string of the molecule is CC1(C)Oc2ccc(NC(=O)c3cncc(Cl)n3)cc2O1. The molecule has 0 radical (unpaired) electrons. The molecule has 2 aromatic rings. The Hall–Kier alpha value is -2.34. The number of amides is 1. The van der Waals surface area contributed by atoms with Crippen molar-refractivity contribution in [2.45, 2.75) is 19.6 Å². The molecule has 0 aliphatic carbocycles. The van der Waals surface area contributed by atoms with Gasteiger partial charge in [-0.1, -0.05) is 11.6 Å². The monoisotopic (exact) mass is 305 g/mol. The summed E-state index contributed by atoms with van der Waals surface area (Å²) >= 11 is 5.71. The summed E-state index contributed by atoms with van der Waals surface area (Å²) in [7, 11) is 0. The zero-order valence-corrected chi connectivity index (χ0v) is 12.1. The molecule has 1 amide bonds. The highest BCUT2D eigenvalue weighted by Crippen LogP contribution is 2.40. The first-order chi connectivity index (χ1) is 9.93. The number of fused-ring (bicyclic) bond motifs is 1. The standard InChI is InChI=1S/C14H12ClN3O3/c1-14(2)20-10-4-3-8(5-11(10)21-14)17-13(19)9-6-16-7-12(15)18-9/h3-7H,1-2H3,(H,17,19). The van der Waals surface area contributed by atoms with E-state index in [9.17, 15) is 4.79 Å². The molecule has 108 valence electrons. The predicted molar refractivity (Wildman–Crippen MR) is 76.8 cm³/mol. The van der Waals surface area contributed by atoms with Gasteiger partial charge in [0.05, 0.1) is 12.4 Å². The quantitative estimate of drug-likeness (QED) is 0.923. The second-order valence-corrected chi connectivity index (χ2v) is 5.33. The maximum Gasteiger partial charge on any atom is 0.275 e. The van der Waals surface area contributed by atoms with Gasteiger partial charge < -0.3 is 14.8 Å². The third-order valence-corrected chi connectivity index (χ3v) is 2.93. The van der Waals surface area contributed by atoms with Gasteiger partial charge in [-0.25, -0.2) is 4.98 Å². The Morgan fingerprint density at radius 1 is 1.24 bits per heavy atom. The van der Waals surface area contributed by atoms with E-state index in [-0.39, 0.29) is 10.8 Å². The van der Waals surface area contributed by atoms with Gasteiger partial charge in [0.2, 0.25) is 5.79 Å². The van der Waals surface area contributed by atoms with Crippen molar-refractivity contribution in [1.82, 2.24) is 9.97 Å². The number of ether oxygens (including phenoxy) is 2. The zero-order chi connectivity index (χ0) is 15.0. The largest absolute Gasteiger partial charge is 0.449 e. The molecule has 1 aromatic heterocycles. The van der Waals surface area contributed by atoms with Crippen molar-refractivity contribution < 1.29 is 14.3 Å². The summed E-state index contributed by atoms with van der Waals surface area (Å²) < 4.78 is 11.2. The van der Waals surface area contributed by atoms with Crippen molar-refractivity contribution in [2.24, 2.45) is 0 Å². The number of hydrogen-bond acceptors (Lipinski definition) is 5. The topological polar surface area (TPSA) is 73.3 Å². The van der Waals surface area contributed by atoms with Crippen molar-refractivity contribution in [3.63, 3.8) is 0 Å². The van der Waals surface area contributed by atoms with E-state index in [4.69, 9.17) is 21.1 Å². The maximum atomic E-state index is 12.0. The lowest BCUT2D eigenvalue weighted by molar-refractivity contribution is -0.0431. The van der Waals surface area contributed by atoms with Crippen LogP contribution in [-0.2, 0) is 0 Å². The van der Waals surface area contributed by atoms with Crippen LogP contribution in [0.2, 0.25) is 5.15 Å². The Labute approximate surface area is 126 Å². The predicted octanol–water partition coefficient (Wildman–Crippen LogP) is 2.89. The van der Waals surface area contributed by atoms with Crippen molar-refractivity contribution in [1.29, 1.82) is 0 Å². The first-order valence-electron chi connectivity index (χ1n) is 6.24. The molecule has 0 spiro atoms. The molecule has 1 aliphatic heterocycles. The average Bonchev–Trinajstić information content (AvgIpc) is 2.72. The molecule has 0 saturated carbocycles. The van der Waals surface area contributed by atoms with E-state index in [1.165, 1.54) is 12.4 Å². The molecular formula is C14H12ClN3O3. The maximum absolute atomic E-state index is 12.0. The second-order valence-electron chi connectivity index (χ2n) is 4.95. The third-order valence-electron chi connectivity index (χ3n) is 2.75. The average molecular weight is 306 g/mol. The number of halogens is 1. The van der Waals surface area contributed by atoms with E-state index in [0.29, 0.717) is 17.2 Å². The summed E-state index contributed by atoms with van der Waals surface area (Å²) in [5.41, 5.74) is 0.710. The molecule has 0 saturated heterocycles. The Morgan fingerprint density at radius 2 is 2.00 bits per heavy atom. The molecular weight excluding hydrogens is 294 g/mol. The number of carbonyl (C=O) groups excluding carboxylic acids is 1. The van der Waals surface area contributed by atoms with Crippen molar-refractivity contribution in [3.05, 3.63) is 41.4 Å². The summed E-state index contributed by atoms with van der Waals surface area (Å²) in [6.07, 6.45) is 2.71. The normalized spacial score (nSPS) is 14.8. The molecule has 1 aromatic carbocycles.